The number of rotatable bonds is 6. The van der Waals surface area contributed by atoms with Crippen LogP contribution >= 0.6 is 0 Å². The monoisotopic (exact) mass is 330 g/mol. The molecule has 0 fully saturated rings. The largest absolute Gasteiger partial charge is 0.370 e. The van der Waals surface area contributed by atoms with Gasteiger partial charge in [0.2, 0.25) is 5.91 Å². The average molecular weight is 330 g/mol. The highest BCUT2D eigenvalue weighted by Crippen LogP contribution is 2.17. The fourth-order valence-electron chi connectivity index (χ4n) is 2.31. The molecule has 0 aliphatic heterocycles. The number of guanidine groups is 1. The Morgan fingerprint density at radius 2 is 2.04 bits per heavy atom. The maximum atomic E-state index is 12.2. The van der Waals surface area contributed by atoms with E-state index in [1.165, 1.54) is 0 Å². The molecule has 2 rings (SSSR count). The van der Waals surface area contributed by atoms with E-state index in [4.69, 9.17) is 11.5 Å². The van der Waals surface area contributed by atoms with Gasteiger partial charge in [0.25, 0.3) is 5.91 Å². The lowest BCUT2D eigenvalue weighted by atomic mass is 10.1. The fraction of sp³-hybridized carbons (Fsp3) is 0.312. The molecule has 0 bridgehead atoms. The Balaban J connectivity index is 1.93. The van der Waals surface area contributed by atoms with Crippen molar-refractivity contribution in [1.29, 1.82) is 0 Å². The van der Waals surface area contributed by atoms with E-state index in [9.17, 15) is 9.59 Å². The van der Waals surface area contributed by atoms with Crippen LogP contribution in [0.1, 0.15) is 27.3 Å². The predicted molar refractivity (Wildman–Crippen MR) is 93.9 cm³/mol. The molecule has 0 radical (unpaired) electrons. The van der Waals surface area contributed by atoms with Crippen molar-refractivity contribution in [3.05, 3.63) is 35.5 Å². The van der Waals surface area contributed by atoms with Gasteiger partial charge in [-0.05, 0) is 30.7 Å². The molecular formula is C16H22N6O2. The van der Waals surface area contributed by atoms with Crippen LogP contribution in [0, 0.1) is 0 Å². The lowest BCUT2D eigenvalue weighted by Crippen LogP contribution is -2.36. The van der Waals surface area contributed by atoms with E-state index in [1.807, 2.05) is 11.9 Å². The van der Waals surface area contributed by atoms with Crippen LogP contribution < -0.4 is 16.8 Å². The first-order valence-electron chi connectivity index (χ1n) is 7.56. The molecule has 0 atom stereocenters. The zero-order valence-electron chi connectivity index (χ0n) is 13.8. The molecular weight excluding hydrogens is 308 g/mol. The van der Waals surface area contributed by atoms with Gasteiger partial charge in [0.05, 0.1) is 0 Å². The van der Waals surface area contributed by atoms with Gasteiger partial charge in [-0.15, -0.1) is 0 Å². The third-order valence-electron chi connectivity index (χ3n) is 3.73. The molecule has 8 heteroatoms. The highest BCUT2D eigenvalue weighted by molar-refractivity contribution is 6.01. The van der Waals surface area contributed by atoms with Crippen LogP contribution in [-0.2, 0) is 0 Å². The predicted octanol–water partition coefficient (Wildman–Crippen LogP) is 0.263. The Kier molecular flexibility index (Phi) is 5.41. The quantitative estimate of drug-likeness (QED) is 0.344. The Bertz CT molecular complexity index is 780. The summed E-state index contributed by atoms with van der Waals surface area (Å²) < 4.78 is 0. The van der Waals surface area contributed by atoms with Gasteiger partial charge in [0.1, 0.15) is 5.69 Å². The van der Waals surface area contributed by atoms with Crippen LogP contribution in [0.25, 0.3) is 10.9 Å². The van der Waals surface area contributed by atoms with Crippen LogP contribution in [0.4, 0.5) is 0 Å². The standard InChI is InChI=1S/C16H22N6O2/c1-19-16(18)22(2)7-3-6-20-15(24)13-9-11-8-10(14(17)23)4-5-12(11)21-13/h4-5,8-9,21H,3,6-7H2,1-2H3,(H2,17,23)(H2,18,19)(H,20,24). The number of carbonyl (C=O) groups excluding carboxylic acids is 2. The number of aromatic amines is 1. The normalized spacial score (nSPS) is 11.5. The van der Waals surface area contributed by atoms with Gasteiger partial charge < -0.3 is 26.7 Å². The lowest BCUT2D eigenvalue weighted by molar-refractivity contribution is 0.0947. The Labute approximate surface area is 139 Å². The van der Waals surface area contributed by atoms with Crippen molar-refractivity contribution in [3.8, 4) is 0 Å². The number of fused-ring (bicyclic) bond motifs is 1. The number of aromatic nitrogens is 1. The summed E-state index contributed by atoms with van der Waals surface area (Å²) in [6, 6.07) is 6.71. The first-order chi connectivity index (χ1) is 11.4. The van der Waals surface area contributed by atoms with E-state index >= 15 is 0 Å². The molecule has 2 aromatic rings. The number of amides is 2. The highest BCUT2D eigenvalue weighted by atomic mass is 16.2. The van der Waals surface area contributed by atoms with Crippen molar-refractivity contribution in [2.75, 3.05) is 27.2 Å². The number of nitrogens with zero attached hydrogens (tertiary/aromatic N) is 2. The van der Waals surface area contributed by atoms with Gasteiger partial charge in [-0.25, -0.2) is 0 Å². The van der Waals surface area contributed by atoms with Crippen LogP contribution in [0.15, 0.2) is 29.3 Å². The van der Waals surface area contributed by atoms with Crippen molar-refractivity contribution in [3.63, 3.8) is 0 Å². The third-order valence-corrected chi connectivity index (χ3v) is 3.73. The molecule has 8 nitrogen and oxygen atoms in total. The number of benzene rings is 1. The number of hydrogen-bond acceptors (Lipinski definition) is 3. The SMILES string of the molecule is CN=C(N)N(C)CCCNC(=O)c1cc2cc(C(N)=O)ccc2[nH]1. The second-order valence-electron chi connectivity index (χ2n) is 5.46. The number of carbonyl (C=O) groups is 2. The van der Waals surface area contributed by atoms with Gasteiger partial charge in [-0.1, -0.05) is 0 Å². The number of hydrogen-bond donors (Lipinski definition) is 4. The molecule has 128 valence electrons. The summed E-state index contributed by atoms with van der Waals surface area (Å²) in [6.07, 6.45) is 0.741. The van der Waals surface area contributed by atoms with Crippen molar-refractivity contribution in [2.24, 2.45) is 16.5 Å². The Morgan fingerprint density at radius 1 is 1.29 bits per heavy atom. The highest BCUT2D eigenvalue weighted by Gasteiger charge is 2.10. The minimum atomic E-state index is -0.497. The Morgan fingerprint density at radius 3 is 2.71 bits per heavy atom. The molecule has 1 aromatic carbocycles. The van der Waals surface area contributed by atoms with Crippen molar-refractivity contribution < 1.29 is 9.59 Å². The number of nitrogens with two attached hydrogens (primary N) is 2. The van der Waals surface area contributed by atoms with E-state index in [0.29, 0.717) is 30.3 Å². The number of nitrogens with one attached hydrogen (secondary N) is 2. The molecule has 0 aliphatic carbocycles. The second kappa shape index (κ2) is 7.49. The molecule has 0 aliphatic rings. The first-order valence-corrected chi connectivity index (χ1v) is 7.56. The van der Waals surface area contributed by atoms with Crippen LogP contribution in [0.3, 0.4) is 0 Å². The summed E-state index contributed by atoms with van der Waals surface area (Å²) in [4.78, 5) is 32.1. The third kappa shape index (κ3) is 4.03. The Hall–Kier alpha value is -3.03. The number of H-pyrrole nitrogens is 1. The van der Waals surface area contributed by atoms with Crippen molar-refractivity contribution in [2.45, 2.75) is 6.42 Å². The molecule has 1 aromatic heterocycles. The summed E-state index contributed by atoms with van der Waals surface area (Å²) in [6.45, 7) is 1.21. The zero-order valence-corrected chi connectivity index (χ0v) is 13.8. The fourth-order valence-corrected chi connectivity index (χ4v) is 2.31. The molecule has 6 N–H and O–H groups in total. The van der Waals surface area contributed by atoms with E-state index in [-0.39, 0.29) is 5.91 Å². The number of primary amides is 1. The van der Waals surface area contributed by atoms with Crippen LogP contribution in [0.5, 0.6) is 0 Å². The topological polar surface area (TPSA) is 130 Å². The van der Waals surface area contributed by atoms with E-state index in [1.54, 1.807) is 31.3 Å². The maximum Gasteiger partial charge on any atom is 0.267 e. The molecule has 0 spiro atoms. The minimum Gasteiger partial charge on any atom is -0.370 e. The molecule has 0 saturated heterocycles. The summed E-state index contributed by atoms with van der Waals surface area (Å²) >= 11 is 0. The lowest BCUT2D eigenvalue weighted by Gasteiger charge is -2.17. The van der Waals surface area contributed by atoms with E-state index in [2.05, 4.69) is 15.3 Å². The maximum absolute atomic E-state index is 12.2. The van der Waals surface area contributed by atoms with E-state index in [0.717, 1.165) is 17.3 Å². The van der Waals surface area contributed by atoms with Crippen LogP contribution in [0.2, 0.25) is 0 Å². The minimum absolute atomic E-state index is 0.202. The number of aliphatic imine (C=N–C) groups is 1. The molecule has 2 amide bonds. The van der Waals surface area contributed by atoms with Crippen molar-refractivity contribution in [1.82, 2.24) is 15.2 Å². The van der Waals surface area contributed by atoms with E-state index < -0.39 is 5.91 Å². The van der Waals surface area contributed by atoms with Gasteiger partial charge in [0, 0.05) is 43.7 Å². The first kappa shape index (κ1) is 17.3. The summed E-state index contributed by atoms with van der Waals surface area (Å²) in [5.41, 5.74) is 12.6. The smallest absolute Gasteiger partial charge is 0.267 e. The van der Waals surface area contributed by atoms with Crippen molar-refractivity contribution >= 4 is 28.7 Å². The van der Waals surface area contributed by atoms with Crippen LogP contribution in [-0.4, -0.2) is 54.8 Å². The molecule has 1 heterocycles. The average Bonchev–Trinajstić information content (AvgIpc) is 3.00. The summed E-state index contributed by atoms with van der Waals surface area (Å²) in [7, 11) is 3.48. The summed E-state index contributed by atoms with van der Waals surface area (Å²) in [5.74, 6) is -0.239. The zero-order chi connectivity index (χ0) is 17.7. The van der Waals surface area contributed by atoms with Gasteiger partial charge >= 0.3 is 0 Å². The summed E-state index contributed by atoms with van der Waals surface area (Å²) in [5, 5.41) is 3.61. The van der Waals surface area contributed by atoms with Gasteiger partial charge in [-0.2, -0.15) is 0 Å². The molecule has 24 heavy (non-hydrogen) atoms. The van der Waals surface area contributed by atoms with Gasteiger partial charge in [0.15, 0.2) is 5.96 Å². The second-order valence-corrected chi connectivity index (χ2v) is 5.46. The molecule has 0 unspecified atom stereocenters. The molecule has 0 saturated carbocycles. The van der Waals surface area contributed by atoms with Gasteiger partial charge in [-0.3, -0.25) is 14.6 Å².